The largest absolute Gasteiger partial charge is 0.447 e. The van der Waals surface area contributed by atoms with Crippen LogP contribution in [0.1, 0.15) is 19.8 Å². The topological polar surface area (TPSA) is 73.6 Å². The molecule has 0 rings (SSSR count). The summed E-state index contributed by atoms with van der Waals surface area (Å²) in [5.74, 6) is 1.28. The van der Waals surface area contributed by atoms with Crippen LogP contribution < -0.4 is 10.9 Å². The lowest BCUT2D eigenvalue weighted by Crippen LogP contribution is -1.96. The van der Waals surface area contributed by atoms with Crippen LogP contribution >= 0.6 is 11.9 Å². The Hall–Kier alpha value is -1.30. The van der Waals surface area contributed by atoms with E-state index in [9.17, 15) is 0 Å². The quantitative estimate of drug-likeness (QED) is 0.279. The lowest BCUT2D eigenvalue weighted by atomic mass is 10.3. The predicted octanol–water partition coefficient (Wildman–Crippen LogP) is 2.91. The summed E-state index contributed by atoms with van der Waals surface area (Å²) in [6, 6.07) is 0. The Bertz CT molecular complexity index is 360. The average Bonchev–Trinajstić information content (AvgIpc) is 2.44. The van der Waals surface area contributed by atoms with Gasteiger partial charge in [0, 0.05) is 12.0 Å². The maximum Gasteiger partial charge on any atom is 0.213 e. The minimum absolute atomic E-state index is 0.560. The van der Waals surface area contributed by atoms with Gasteiger partial charge in [-0.2, -0.15) is 0 Å². The molecule has 0 saturated heterocycles. The molecule has 0 aromatic rings. The molecule has 0 aliphatic rings. The second-order valence-corrected chi connectivity index (χ2v) is 4.16. The molecule has 0 heterocycles. The molecule has 0 amide bonds. The lowest BCUT2D eigenvalue weighted by molar-refractivity contribution is 0.345. The normalized spacial score (nSPS) is 13.4. The fraction of sp³-hybridized carbons (Fsp3) is 0.357. The number of hydrogen-bond donors (Lipinski definition) is 2. The summed E-state index contributed by atoms with van der Waals surface area (Å²) in [7, 11) is 0. The number of rotatable bonds is 10. The zero-order chi connectivity index (χ0) is 14.3. The van der Waals surface area contributed by atoms with Crippen molar-refractivity contribution in [2.24, 2.45) is 15.9 Å². The molecule has 0 aliphatic heterocycles. The molecule has 0 aromatic heterocycles. The van der Waals surface area contributed by atoms with Crippen LogP contribution in [0, 0.1) is 0 Å². The van der Waals surface area contributed by atoms with Crippen molar-refractivity contribution < 1.29 is 4.74 Å². The summed E-state index contributed by atoms with van der Waals surface area (Å²) < 4.78 is 5.43. The van der Waals surface area contributed by atoms with E-state index in [2.05, 4.69) is 11.6 Å². The maximum atomic E-state index is 5.45. The average molecular weight is 281 g/mol. The van der Waals surface area contributed by atoms with E-state index in [1.54, 1.807) is 24.6 Å². The van der Waals surface area contributed by atoms with Gasteiger partial charge in [-0.05, 0) is 37.1 Å². The standard InChI is InChI=1S/C14H23N3OS/c1-3-10-17-14(8-5-9-15)18-11-6-7-13(4-2)12-19-16/h4,6-8,10-11H,2-3,5,9,12,15-16H2,1H3/b11-6+,13-7+,14-8+,17-10-. The fourth-order valence-electron chi connectivity index (χ4n) is 1.06. The fourth-order valence-corrected chi connectivity index (χ4v) is 1.47. The Morgan fingerprint density at radius 1 is 1.47 bits per heavy atom. The number of ether oxygens (including phenoxy) is 1. The van der Waals surface area contributed by atoms with Crippen LogP contribution in [0.2, 0.25) is 0 Å². The first-order valence-electron chi connectivity index (χ1n) is 6.17. The third kappa shape index (κ3) is 10.3. The smallest absolute Gasteiger partial charge is 0.213 e. The minimum atomic E-state index is 0.560. The SMILES string of the molecule is C=C/C(=C\C=C\OC(=C/CCN)/N=C\CC)CSN. The highest BCUT2D eigenvalue weighted by atomic mass is 32.2. The number of nitrogens with zero attached hydrogens (tertiary/aromatic N) is 1. The van der Waals surface area contributed by atoms with Gasteiger partial charge in [0.05, 0.1) is 6.26 Å². The van der Waals surface area contributed by atoms with Crippen LogP contribution in [0.5, 0.6) is 0 Å². The molecule has 0 aromatic carbocycles. The number of aliphatic imine (C=N–C) groups is 1. The van der Waals surface area contributed by atoms with E-state index >= 15 is 0 Å². The molecule has 0 bridgehead atoms. The summed E-state index contributed by atoms with van der Waals surface area (Å²) >= 11 is 1.26. The van der Waals surface area contributed by atoms with Crippen LogP contribution in [0.15, 0.2) is 53.6 Å². The Kier molecular flexibility index (Phi) is 12.2. The first kappa shape index (κ1) is 17.7. The highest BCUT2D eigenvalue weighted by Gasteiger charge is 1.91. The van der Waals surface area contributed by atoms with Gasteiger partial charge in [0.2, 0.25) is 5.88 Å². The zero-order valence-corrected chi connectivity index (χ0v) is 12.2. The zero-order valence-electron chi connectivity index (χ0n) is 11.4. The van der Waals surface area contributed by atoms with Gasteiger partial charge in [-0.15, -0.1) is 0 Å². The molecule has 4 nitrogen and oxygen atoms in total. The summed E-state index contributed by atoms with van der Waals surface area (Å²) in [4.78, 5) is 4.19. The highest BCUT2D eigenvalue weighted by molar-refractivity contribution is 7.97. The van der Waals surface area contributed by atoms with Crippen LogP contribution in [-0.4, -0.2) is 18.5 Å². The molecule has 0 spiro atoms. The van der Waals surface area contributed by atoms with E-state index < -0.39 is 0 Å². The van der Waals surface area contributed by atoms with Gasteiger partial charge in [-0.25, -0.2) is 4.99 Å². The number of hydrogen-bond acceptors (Lipinski definition) is 5. The van der Waals surface area contributed by atoms with Crippen LogP contribution in [0.4, 0.5) is 0 Å². The van der Waals surface area contributed by atoms with Crippen LogP contribution in [0.25, 0.3) is 0 Å². The summed E-state index contributed by atoms with van der Waals surface area (Å²) in [5.41, 5.74) is 6.49. The molecular weight excluding hydrogens is 258 g/mol. The molecule has 4 N–H and O–H groups in total. The Morgan fingerprint density at radius 2 is 2.26 bits per heavy atom. The van der Waals surface area contributed by atoms with Gasteiger partial charge in [0.1, 0.15) is 0 Å². The summed E-state index contributed by atoms with van der Waals surface area (Å²) in [5, 5.41) is 5.40. The van der Waals surface area contributed by atoms with Crippen LogP contribution in [0.3, 0.4) is 0 Å². The van der Waals surface area contributed by atoms with Gasteiger partial charge in [0.25, 0.3) is 0 Å². The molecule has 0 saturated carbocycles. The molecule has 5 heteroatoms. The van der Waals surface area contributed by atoms with Gasteiger partial charge < -0.3 is 10.5 Å². The third-order valence-corrected chi connectivity index (χ3v) is 2.48. The monoisotopic (exact) mass is 281 g/mol. The molecule has 106 valence electrons. The molecule has 0 fully saturated rings. The Balaban J connectivity index is 4.45. The summed E-state index contributed by atoms with van der Waals surface area (Å²) in [6.45, 7) is 6.31. The molecule has 0 radical (unpaired) electrons. The van der Waals surface area contributed by atoms with Crippen LogP contribution in [-0.2, 0) is 4.74 Å². The second kappa shape index (κ2) is 13.1. The van der Waals surface area contributed by atoms with Gasteiger partial charge in [-0.1, -0.05) is 37.6 Å². The van der Waals surface area contributed by atoms with E-state index in [4.69, 9.17) is 15.6 Å². The molecule has 19 heavy (non-hydrogen) atoms. The molecule has 0 atom stereocenters. The van der Waals surface area contributed by atoms with Crippen molar-refractivity contribution in [3.05, 3.63) is 48.6 Å². The Morgan fingerprint density at radius 3 is 2.84 bits per heavy atom. The van der Waals surface area contributed by atoms with E-state index in [0.29, 0.717) is 12.4 Å². The first-order valence-corrected chi connectivity index (χ1v) is 7.22. The van der Waals surface area contributed by atoms with Crippen molar-refractivity contribution in [1.82, 2.24) is 0 Å². The number of allylic oxidation sites excluding steroid dienone is 3. The molecule has 0 unspecified atom stereocenters. The molecular formula is C14H23N3OS. The van der Waals surface area contributed by atoms with E-state index in [0.717, 1.165) is 24.2 Å². The van der Waals surface area contributed by atoms with E-state index in [1.807, 2.05) is 19.1 Å². The minimum Gasteiger partial charge on any atom is -0.447 e. The van der Waals surface area contributed by atoms with Crippen molar-refractivity contribution in [1.29, 1.82) is 0 Å². The van der Waals surface area contributed by atoms with Crippen molar-refractivity contribution in [3.63, 3.8) is 0 Å². The lowest BCUT2D eigenvalue weighted by Gasteiger charge is -2.00. The van der Waals surface area contributed by atoms with Crippen molar-refractivity contribution >= 4 is 18.2 Å². The maximum absolute atomic E-state index is 5.45. The van der Waals surface area contributed by atoms with Crippen molar-refractivity contribution in [2.45, 2.75) is 19.8 Å². The van der Waals surface area contributed by atoms with E-state index in [1.165, 1.54) is 11.9 Å². The van der Waals surface area contributed by atoms with Crippen molar-refractivity contribution in [2.75, 3.05) is 12.3 Å². The number of nitrogens with two attached hydrogens (primary N) is 2. The highest BCUT2D eigenvalue weighted by Crippen LogP contribution is 2.05. The molecule has 0 aliphatic carbocycles. The first-order chi connectivity index (χ1) is 9.28. The Labute approximate surface area is 120 Å². The predicted molar refractivity (Wildman–Crippen MR) is 85.7 cm³/mol. The van der Waals surface area contributed by atoms with Gasteiger partial charge in [0.15, 0.2) is 0 Å². The summed E-state index contributed by atoms with van der Waals surface area (Å²) in [6.07, 6.45) is 12.3. The van der Waals surface area contributed by atoms with Gasteiger partial charge in [-0.3, -0.25) is 5.14 Å². The third-order valence-electron chi connectivity index (χ3n) is 1.98. The van der Waals surface area contributed by atoms with Gasteiger partial charge >= 0.3 is 0 Å². The van der Waals surface area contributed by atoms with E-state index in [-0.39, 0.29) is 0 Å². The second-order valence-electron chi connectivity index (χ2n) is 3.54. The van der Waals surface area contributed by atoms with Crippen molar-refractivity contribution in [3.8, 4) is 0 Å².